The van der Waals surface area contributed by atoms with Crippen LogP contribution in [0.2, 0.25) is 0 Å². The third-order valence-corrected chi connectivity index (χ3v) is 1.59. The van der Waals surface area contributed by atoms with Gasteiger partial charge in [-0.3, -0.25) is 10.1 Å². The van der Waals surface area contributed by atoms with E-state index < -0.39 is 4.92 Å². The largest absolute Gasteiger partial charge is 0.502 e. The van der Waals surface area contributed by atoms with Crippen LogP contribution in [0.25, 0.3) is 6.08 Å². The molecule has 0 fully saturated rings. The van der Waals surface area contributed by atoms with E-state index in [4.69, 9.17) is 0 Å². The predicted molar refractivity (Wildman–Crippen MR) is 49.5 cm³/mol. The molecular weight excluding hydrogens is 170 g/mol. The van der Waals surface area contributed by atoms with Crippen LogP contribution < -0.4 is 0 Å². The lowest BCUT2D eigenvalue weighted by Crippen LogP contribution is -1.89. The van der Waals surface area contributed by atoms with Gasteiger partial charge in [0.1, 0.15) is 0 Å². The Morgan fingerprint density at radius 1 is 1.54 bits per heavy atom. The summed E-state index contributed by atoms with van der Waals surface area (Å²) in [5, 5.41) is 19.8. The number of allylic oxidation sites excluding steroid dienone is 1. The summed E-state index contributed by atoms with van der Waals surface area (Å²) >= 11 is 0. The summed E-state index contributed by atoms with van der Waals surface area (Å²) in [5.74, 6) is -0.286. The first-order valence-corrected chi connectivity index (χ1v) is 3.76. The van der Waals surface area contributed by atoms with E-state index in [-0.39, 0.29) is 11.4 Å². The fourth-order valence-corrected chi connectivity index (χ4v) is 1.01. The second-order valence-corrected chi connectivity index (χ2v) is 2.47. The molecule has 0 amide bonds. The molecule has 0 radical (unpaired) electrons. The number of aromatic hydroxyl groups is 1. The SMILES string of the molecule is CC=Cc1cccc([N+](=O)[O-])c1O. The first-order chi connectivity index (χ1) is 6.16. The van der Waals surface area contributed by atoms with Crippen LogP contribution in [-0.2, 0) is 0 Å². The molecule has 4 heteroatoms. The molecule has 0 aromatic heterocycles. The second-order valence-electron chi connectivity index (χ2n) is 2.47. The van der Waals surface area contributed by atoms with Gasteiger partial charge in [-0.1, -0.05) is 24.3 Å². The molecule has 0 aliphatic carbocycles. The number of phenols is 1. The van der Waals surface area contributed by atoms with E-state index in [0.29, 0.717) is 5.56 Å². The molecule has 0 saturated heterocycles. The molecule has 0 atom stereocenters. The number of para-hydroxylation sites is 1. The Kier molecular flexibility index (Phi) is 2.64. The van der Waals surface area contributed by atoms with Crippen molar-refractivity contribution in [2.75, 3.05) is 0 Å². The van der Waals surface area contributed by atoms with Crippen molar-refractivity contribution in [2.45, 2.75) is 6.92 Å². The summed E-state index contributed by atoms with van der Waals surface area (Å²) in [4.78, 5) is 9.79. The van der Waals surface area contributed by atoms with Crippen LogP contribution in [0.4, 0.5) is 5.69 Å². The first kappa shape index (κ1) is 9.25. The lowest BCUT2D eigenvalue weighted by Gasteiger charge is -1.98. The summed E-state index contributed by atoms with van der Waals surface area (Å²) in [6.45, 7) is 1.78. The quantitative estimate of drug-likeness (QED) is 0.559. The van der Waals surface area contributed by atoms with Crippen molar-refractivity contribution in [1.82, 2.24) is 0 Å². The Morgan fingerprint density at radius 2 is 2.23 bits per heavy atom. The maximum absolute atomic E-state index is 10.4. The first-order valence-electron chi connectivity index (χ1n) is 3.76. The number of nitro groups is 1. The Bertz CT molecular complexity index is 358. The normalized spacial score (nSPS) is 10.5. The molecule has 13 heavy (non-hydrogen) atoms. The molecule has 4 nitrogen and oxygen atoms in total. The van der Waals surface area contributed by atoms with Gasteiger partial charge in [0.2, 0.25) is 5.75 Å². The standard InChI is InChI=1S/C9H9NO3/c1-2-4-7-5-3-6-8(9(7)11)10(12)13/h2-6,11H,1H3. The minimum atomic E-state index is -0.609. The van der Waals surface area contributed by atoms with Crippen LogP contribution in [0, 0.1) is 10.1 Å². The molecule has 0 unspecified atom stereocenters. The van der Waals surface area contributed by atoms with Gasteiger partial charge in [-0.05, 0) is 6.92 Å². The van der Waals surface area contributed by atoms with E-state index in [1.807, 2.05) is 0 Å². The van der Waals surface area contributed by atoms with Crippen molar-refractivity contribution in [3.05, 3.63) is 40.0 Å². The van der Waals surface area contributed by atoms with Crippen LogP contribution in [-0.4, -0.2) is 10.0 Å². The maximum atomic E-state index is 10.4. The van der Waals surface area contributed by atoms with E-state index in [2.05, 4.69) is 0 Å². The van der Waals surface area contributed by atoms with E-state index in [0.717, 1.165) is 0 Å². The molecule has 1 rings (SSSR count). The Morgan fingerprint density at radius 3 is 2.77 bits per heavy atom. The lowest BCUT2D eigenvalue weighted by atomic mass is 10.1. The molecule has 0 aliphatic rings. The summed E-state index contributed by atoms with van der Waals surface area (Å²) in [6.07, 6.45) is 3.32. The maximum Gasteiger partial charge on any atom is 0.311 e. The molecule has 1 aromatic carbocycles. The molecule has 1 aromatic rings. The van der Waals surface area contributed by atoms with Gasteiger partial charge in [0.15, 0.2) is 0 Å². The van der Waals surface area contributed by atoms with Crippen molar-refractivity contribution in [3.8, 4) is 5.75 Å². The number of benzene rings is 1. The van der Waals surface area contributed by atoms with Crippen molar-refractivity contribution in [2.24, 2.45) is 0 Å². The zero-order chi connectivity index (χ0) is 9.84. The van der Waals surface area contributed by atoms with Gasteiger partial charge in [0, 0.05) is 11.6 Å². The predicted octanol–water partition coefficient (Wildman–Crippen LogP) is 2.33. The zero-order valence-electron chi connectivity index (χ0n) is 7.10. The highest BCUT2D eigenvalue weighted by Gasteiger charge is 2.14. The molecule has 0 bridgehead atoms. The fraction of sp³-hybridized carbons (Fsp3) is 0.111. The summed E-state index contributed by atoms with van der Waals surface area (Å²) in [7, 11) is 0. The average Bonchev–Trinajstić information content (AvgIpc) is 2.08. The van der Waals surface area contributed by atoms with Crippen molar-refractivity contribution < 1.29 is 10.0 Å². The Labute approximate surface area is 75.3 Å². The van der Waals surface area contributed by atoms with Gasteiger partial charge >= 0.3 is 5.69 Å². The fourth-order valence-electron chi connectivity index (χ4n) is 1.01. The number of hydrogen-bond acceptors (Lipinski definition) is 3. The summed E-state index contributed by atoms with van der Waals surface area (Å²) in [5.41, 5.74) is 0.187. The molecule has 0 saturated carbocycles. The van der Waals surface area contributed by atoms with E-state index in [1.165, 1.54) is 12.1 Å². The van der Waals surface area contributed by atoms with Crippen LogP contribution in [0.3, 0.4) is 0 Å². The van der Waals surface area contributed by atoms with Crippen molar-refractivity contribution >= 4 is 11.8 Å². The minimum Gasteiger partial charge on any atom is -0.502 e. The molecule has 68 valence electrons. The smallest absolute Gasteiger partial charge is 0.311 e. The highest BCUT2D eigenvalue weighted by atomic mass is 16.6. The molecular formula is C9H9NO3. The Balaban J connectivity index is 3.26. The van der Waals surface area contributed by atoms with Crippen molar-refractivity contribution in [3.63, 3.8) is 0 Å². The number of phenolic OH excluding ortho intramolecular Hbond substituents is 1. The third kappa shape index (κ3) is 1.84. The molecule has 1 N–H and O–H groups in total. The van der Waals surface area contributed by atoms with E-state index in [9.17, 15) is 15.2 Å². The van der Waals surface area contributed by atoms with Crippen LogP contribution in [0.5, 0.6) is 5.75 Å². The van der Waals surface area contributed by atoms with Crippen LogP contribution in [0.15, 0.2) is 24.3 Å². The number of hydrogen-bond donors (Lipinski definition) is 1. The van der Waals surface area contributed by atoms with Gasteiger partial charge < -0.3 is 5.11 Å². The number of nitro benzene ring substituents is 1. The van der Waals surface area contributed by atoms with Gasteiger partial charge in [-0.25, -0.2) is 0 Å². The summed E-state index contributed by atoms with van der Waals surface area (Å²) < 4.78 is 0. The van der Waals surface area contributed by atoms with Crippen LogP contribution in [0.1, 0.15) is 12.5 Å². The van der Waals surface area contributed by atoms with Crippen molar-refractivity contribution in [1.29, 1.82) is 0 Å². The molecule has 0 aliphatic heterocycles. The zero-order valence-corrected chi connectivity index (χ0v) is 7.10. The molecule has 0 heterocycles. The Hall–Kier alpha value is -1.84. The average molecular weight is 179 g/mol. The van der Waals surface area contributed by atoms with Gasteiger partial charge in [0.05, 0.1) is 4.92 Å². The second kappa shape index (κ2) is 3.71. The van der Waals surface area contributed by atoms with Gasteiger partial charge in [-0.15, -0.1) is 0 Å². The van der Waals surface area contributed by atoms with E-state index >= 15 is 0 Å². The lowest BCUT2D eigenvalue weighted by molar-refractivity contribution is -0.385. The topological polar surface area (TPSA) is 63.4 Å². The van der Waals surface area contributed by atoms with E-state index in [1.54, 1.807) is 25.1 Å². The minimum absolute atomic E-state index is 0.268. The number of rotatable bonds is 2. The third-order valence-electron chi connectivity index (χ3n) is 1.59. The highest BCUT2D eigenvalue weighted by molar-refractivity contribution is 5.63. The molecule has 0 spiro atoms. The van der Waals surface area contributed by atoms with Gasteiger partial charge in [-0.2, -0.15) is 0 Å². The summed E-state index contributed by atoms with van der Waals surface area (Å²) in [6, 6.07) is 4.41. The van der Waals surface area contributed by atoms with Gasteiger partial charge in [0.25, 0.3) is 0 Å². The highest BCUT2D eigenvalue weighted by Crippen LogP contribution is 2.29. The van der Waals surface area contributed by atoms with Crippen LogP contribution >= 0.6 is 0 Å². The number of nitrogens with zero attached hydrogens (tertiary/aromatic N) is 1. The monoisotopic (exact) mass is 179 g/mol.